The topological polar surface area (TPSA) is 23.8 Å². The minimum Gasteiger partial charge on any atom is -0.198 e. The predicted octanol–water partition coefficient (Wildman–Crippen LogP) is 3.70. The lowest BCUT2D eigenvalue weighted by Crippen LogP contribution is -1.84. The molecule has 0 bridgehead atoms. The molecule has 0 fully saturated rings. The van der Waals surface area contributed by atoms with Crippen LogP contribution in [0, 0.1) is 25.2 Å². The third-order valence-electron chi connectivity index (χ3n) is 2.03. The van der Waals surface area contributed by atoms with Crippen molar-refractivity contribution in [3.05, 3.63) is 29.3 Å². The first-order valence-corrected chi connectivity index (χ1v) is 5.79. The highest BCUT2D eigenvalue weighted by atomic mass is 32.2. The summed E-state index contributed by atoms with van der Waals surface area (Å²) >= 11 is 1.85. The van der Waals surface area contributed by atoms with E-state index in [0.717, 1.165) is 12.2 Å². The van der Waals surface area contributed by atoms with Crippen molar-refractivity contribution >= 4 is 11.8 Å². The Morgan fingerprint density at radius 2 is 2.14 bits per heavy atom. The van der Waals surface area contributed by atoms with Gasteiger partial charge in [-0.25, -0.2) is 0 Å². The SMILES string of the molecule is Cc1ccc(C)c(SCCCC#N)c1. The van der Waals surface area contributed by atoms with Crippen molar-refractivity contribution in [2.75, 3.05) is 5.75 Å². The van der Waals surface area contributed by atoms with Crippen LogP contribution in [0.1, 0.15) is 24.0 Å². The summed E-state index contributed by atoms with van der Waals surface area (Å²) < 4.78 is 0. The molecule has 0 heterocycles. The van der Waals surface area contributed by atoms with Gasteiger partial charge in [0.25, 0.3) is 0 Å². The fraction of sp³-hybridized carbons (Fsp3) is 0.417. The van der Waals surface area contributed by atoms with Crippen molar-refractivity contribution in [1.29, 1.82) is 5.26 Å². The molecule has 74 valence electrons. The van der Waals surface area contributed by atoms with Crippen LogP contribution in [0.4, 0.5) is 0 Å². The fourth-order valence-electron chi connectivity index (χ4n) is 1.20. The second-order valence-corrected chi connectivity index (χ2v) is 4.52. The van der Waals surface area contributed by atoms with Crippen molar-refractivity contribution in [2.45, 2.75) is 31.6 Å². The van der Waals surface area contributed by atoms with Crippen LogP contribution >= 0.6 is 11.8 Å². The van der Waals surface area contributed by atoms with Crippen molar-refractivity contribution in [2.24, 2.45) is 0 Å². The van der Waals surface area contributed by atoms with Gasteiger partial charge >= 0.3 is 0 Å². The van der Waals surface area contributed by atoms with E-state index in [2.05, 4.69) is 38.1 Å². The molecule has 0 atom stereocenters. The predicted molar refractivity (Wildman–Crippen MR) is 61.5 cm³/mol. The highest BCUT2D eigenvalue weighted by molar-refractivity contribution is 7.99. The van der Waals surface area contributed by atoms with E-state index in [1.807, 2.05) is 11.8 Å². The first-order valence-electron chi connectivity index (χ1n) is 4.81. The van der Waals surface area contributed by atoms with Gasteiger partial charge in [0.1, 0.15) is 0 Å². The van der Waals surface area contributed by atoms with Gasteiger partial charge in [-0.15, -0.1) is 11.8 Å². The molecule has 0 saturated carbocycles. The molecule has 0 aromatic heterocycles. The Hall–Kier alpha value is -0.940. The molecule has 0 N–H and O–H groups in total. The van der Waals surface area contributed by atoms with Gasteiger partial charge in [0.15, 0.2) is 0 Å². The molecule has 0 radical (unpaired) electrons. The standard InChI is InChI=1S/C12H15NS/c1-10-5-6-11(2)12(9-10)14-8-4-3-7-13/h5-6,9H,3-4,8H2,1-2H3. The summed E-state index contributed by atoms with van der Waals surface area (Å²) in [6.07, 6.45) is 1.65. The fourth-order valence-corrected chi connectivity index (χ4v) is 2.27. The Labute approximate surface area is 90.1 Å². The number of aryl methyl sites for hydroxylation is 2. The molecule has 1 aromatic carbocycles. The van der Waals surface area contributed by atoms with Crippen LogP contribution in [0.2, 0.25) is 0 Å². The second-order valence-electron chi connectivity index (χ2n) is 3.38. The highest BCUT2D eigenvalue weighted by Gasteiger charge is 1.98. The number of thioether (sulfide) groups is 1. The summed E-state index contributed by atoms with van der Waals surface area (Å²) in [4.78, 5) is 1.35. The maximum absolute atomic E-state index is 8.40. The van der Waals surface area contributed by atoms with Crippen LogP contribution in [0.15, 0.2) is 23.1 Å². The Kier molecular flexibility index (Phi) is 4.55. The number of unbranched alkanes of at least 4 members (excludes halogenated alkanes) is 1. The van der Waals surface area contributed by atoms with E-state index < -0.39 is 0 Å². The zero-order valence-corrected chi connectivity index (χ0v) is 9.53. The molecule has 0 amide bonds. The van der Waals surface area contributed by atoms with Gasteiger partial charge in [0.05, 0.1) is 6.07 Å². The smallest absolute Gasteiger partial charge is 0.0622 e. The quantitative estimate of drug-likeness (QED) is 0.553. The maximum atomic E-state index is 8.40. The van der Waals surface area contributed by atoms with Crippen LogP contribution in [0.5, 0.6) is 0 Å². The Morgan fingerprint density at radius 1 is 1.36 bits per heavy atom. The van der Waals surface area contributed by atoms with Crippen LogP contribution in [-0.2, 0) is 0 Å². The number of rotatable bonds is 4. The highest BCUT2D eigenvalue weighted by Crippen LogP contribution is 2.24. The summed E-state index contributed by atoms with van der Waals surface area (Å²) in [6.45, 7) is 4.24. The number of hydrogen-bond acceptors (Lipinski definition) is 2. The molecule has 0 spiro atoms. The van der Waals surface area contributed by atoms with Crippen LogP contribution in [0.3, 0.4) is 0 Å². The monoisotopic (exact) mass is 205 g/mol. The average Bonchev–Trinajstić information content (AvgIpc) is 2.18. The van der Waals surface area contributed by atoms with Crippen LogP contribution < -0.4 is 0 Å². The zero-order chi connectivity index (χ0) is 10.4. The molecule has 1 nitrogen and oxygen atoms in total. The zero-order valence-electron chi connectivity index (χ0n) is 8.71. The lowest BCUT2D eigenvalue weighted by molar-refractivity contribution is 0.980. The molecular formula is C12H15NS. The lowest BCUT2D eigenvalue weighted by Gasteiger charge is -2.05. The molecule has 0 aliphatic rings. The van der Waals surface area contributed by atoms with Gasteiger partial charge in [-0.05, 0) is 37.7 Å². The first kappa shape index (κ1) is 11.1. The number of nitrogens with zero attached hydrogens (tertiary/aromatic N) is 1. The van der Waals surface area contributed by atoms with Crippen LogP contribution in [-0.4, -0.2) is 5.75 Å². The molecular weight excluding hydrogens is 190 g/mol. The summed E-state index contributed by atoms with van der Waals surface area (Å²) in [5, 5.41) is 8.40. The van der Waals surface area contributed by atoms with Gasteiger partial charge < -0.3 is 0 Å². The second kappa shape index (κ2) is 5.72. The third-order valence-corrected chi connectivity index (χ3v) is 3.28. The Balaban J connectivity index is 2.50. The van der Waals surface area contributed by atoms with Gasteiger partial charge in [-0.1, -0.05) is 17.7 Å². The molecule has 0 aliphatic heterocycles. The largest absolute Gasteiger partial charge is 0.198 e. The van der Waals surface area contributed by atoms with E-state index in [9.17, 15) is 0 Å². The summed E-state index contributed by atoms with van der Waals surface area (Å²) in [5.41, 5.74) is 2.64. The van der Waals surface area contributed by atoms with Crippen LogP contribution in [0.25, 0.3) is 0 Å². The van der Waals surface area contributed by atoms with Crippen molar-refractivity contribution in [3.63, 3.8) is 0 Å². The van der Waals surface area contributed by atoms with Crippen molar-refractivity contribution in [3.8, 4) is 6.07 Å². The normalized spacial score (nSPS) is 9.79. The Bertz CT molecular complexity index is 339. The minimum atomic E-state index is 0.665. The van der Waals surface area contributed by atoms with Gasteiger partial charge in [0, 0.05) is 11.3 Å². The van der Waals surface area contributed by atoms with E-state index in [1.54, 1.807) is 0 Å². The number of hydrogen-bond donors (Lipinski definition) is 0. The average molecular weight is 205 g/mol. The van der Waals surface area contributed by atoms with E-state index >= 15 is 0 Å². The van der Waals surface area contributed by atoms with Crippen molar-refractivity contribution < 1.29 is 0 Å². The summed E-state index contributed by atoms with van der Waals surface area (Å²) in [5.74, 6) is 1.04. The maximum Gasteiger partial charge on any atom is 0.0622 e. The van der Waals surface area contributed by atoms with E-state index in [4.69, 9.17) is 5.26 Å². The third kappa shape index (κ3) is 3.43. The molecule has 1 aromatic rings. The van der Waals surface area contributed by atoms with E-state index in [0.29, 0.717) is 6.42 Å². The number of benzene rings is 1. The first-order chi connectivity index (χ1) is 6.74. The van der Waals surface area contributed by atoms with Gasteiger partial charge in [-0.3, -0.25) is 0 Å². The molecule has 0 saturated heterocycles. The molecule has 0 unspecified atom stereocenters. The summed E-state index contributed by atoms with van der Waals surface area (Å²) in [6, 6.07) is 8.67. The minimum absolute atomic E-state index is 0.665. The summed E-state index contributed by atoms with van der Waals surface area (Å²) in [7, 11) is 0. The lowest BCUT2D eigenvalue weighted by atomic mass is 10.2. The number of nitriles is 1. The Morgan fingerprint density at radius 3 is 2.86 bits per heavy atom. The molecule has 1 rings (SSSR count). The molecule has 2 heteroatoms. The molecule has 0 aliphatic carbocycles. The van der Waals surface area contributed by atoms with E-state index in [-0.39, 0.29) is 0 Å². The molecule has 14 heavy (non-hydrogen) atoms. The van der Waals surface area contributed by atoms with Crippen molar-refractivity contribution in [1.82, 2.24) is 0 Å². The van der Waals surface area contributed by atoms with Gasteiger partial charge in [-0.2, -0.15) is 5.26 Å². The van der Waals surface area contributed by atoms with Gasteiger partial charge in [0.2, 0.25) is 0 Å². The van der Waals surface area contributed by atoms with E-state index in [1.165, 1.54) is 16.0 Å².